The number of carboxylic acid groups (broad SMARTS) is 1. The molecule has 1 aliphatic rings. The van der Waals surface area contributed by atoms with Crippen LogP contribution in [0.3, 0.4) is 0 Å². The molecule has 1 atom stereocenters. The zero-order valence-corrected chi connectivity index (χ0v) is 13.2. The molecule has 1 aliphatic heterocycles. The highest BCUT2D eigenvalue weighted by molar-refractivity contribution is 5.87. The predicted molar refractivity (Wildman–Crippen MR) is 77.8 cm³/mol. The highest BCUT2D eigenvalue weighted by atomic mass is 16.4. The van der Waals surface area contributed by atoms with Crippen molar-refractivity contribution in [1.82, 2.24) is 15.5 Å². The molecule has 1 saturated heterocycles. The van der Waals surface area contributed by atoms with Gasteiger partial charge >= 0.3 is 12.0 Å². The van der Waals surface area contributed by atoms with Crippen molar-refractivity contribution >= 4 is 17.9 Å². The van der Waals surface area contributed by atoms with Crippen LogP contribution in [0.15, 0.2) is 0 Å². The van der Waals surface area contributed by atoms with Gasteiger partial charge in [0.2, 0.25) is 5.91 Å². The first-order valence-electron chi connectivity index (χ1n) is 7.22. The van der Waals surface area contributed by atoms with Crippen molar-refractivity contribution in [3.63, 3.8) is 0 Å². The van der Waals surface area contributed by atoms with Crippen LogP contribution in [-0.4, -0.2) is 53.6 Å². The summed E-state index contributed by atoms with van der Waals surface area (Å²) < 4.78 is 0. The molecule has 0 spiro atoms. The molecule has 0 radical (unpaired) electrons. The number of likely N-dealkylation sites (tertiary alicyclic amines) is 1. The minimum Gasteiger partial charge on any atom is -0.479 e. The van der Waals surface area contributed by atoms with Crippen molar-refractivity contribution in [2.45, 2.75) is 45.6 Å². The molecule has 0 bridgehead atoms. The van der Waals surface area contributed by atoms with Crippen LogP contribution < -0.4 is 10.6 Å². The van der Waals surface area contributed by atoms with Gasteiger partial charge < -0.3 is 20.6 Å². The predicted octanol–water partition coefficient (Wildman–Crippen LogP) is 0.797. The van der Waals surface area contributed by atoms with E-state index < -0.39 is 23.0 Å². The van der Waals surface area contributed by atoms with Crippen LogP contribution in [0.1, 0.15) is 40.0 Å². The molecular weight excluding hydrogens is 274 g/mol. The molecule has 7 heteroatoms. The van der Waals surface area contributed by atoms with Crippen molar-refractivity contribution in [1.29, 1.82) is 0 Å². The van der Waals surface area contributed by atoms with Crippen molar-refractivity contribution in [2.75, 3.05) is 20.1 Å². The highest BCUT2D eigenvalue weighted by Crippen LogP contribution is 2.32. The van der Waals surface area contributed by atoms with E-state index in [9.17, 15) is 19.5 Å². The number of urea groups is 1. The monoisotopic (exact) mass is 299 g/mol. The number of hydrogen-bond donors (Lipinski definition) is 3. The molecule has 3 N–H and O–H groups in total. The number of nitrogens with zero attached hydrogens (tertiary/aromatic N) is 1. The Morgan fingerprint density at radius 2 is 1.95 bits per heavy atom. The summed E-state index contributed by atoms with van der Waals surface area (Å²) in [5.74, 6) is -1.15. The Labute approximate surface area is 125 Å². The third-order valence-corrected chi connectivity index (χ3v) is 4.24. The molecule has 0 saturated carbocycles. The molecule has 0 aromatic carbocycles. The van der Waals surface area contributed by atoms with Crippen molar-refractivity contribution in [2.24, 2.45) is 5.41 Å². The molecule has 0 aliphatic carbocycles. The van der Waals surface area contributed by atoms with Crippen LogP contribution in [0.4, 0.5) is 4.79 Å². The quantitative estimate of drug-likeness (QED) is 0.699. The first-order valence-corrected chi connectivity index (χ1v) is 7.22. The fourth-order valence-electron chi connectivity index (χ4n) is 2.73. The summed E-state index contributed by atoms with van der Waals surface area (Å²) in [6.07, 6.45) is 1.51. The molecule has 1 fully saturated rings. The molecule has 1 unspecified atom stereocenters. The molecule has 1 heterocycles. The van der Waals surface area contributed by atoms with Crippen LogP contribution in [-0.2, 0) is 9.59 Å². The van der Waals surface area contributed by atoms with E-state index in [1.165, 1.54) is 4.90 Å². The average molecular weight is 299 g/mol. The van der Waals surface area contributed by atoms with Gasteiger partial charge in [-0.2, -0.15) is 0 Å². The summed E-state index contributed by atoms with van der Waals surface area (Å²) in [6, 6.07) is -0.422. The van der Waals surface area contributed by atoms with Crippen molar-refractivity contribution in [3.8, 4) is 0 Å². The van der Waals surface area contributed by atoms with Gasteiger partial charge in [-0.05, 0) is 33.1 Å². The zero-order valence-electron chi connectivity index (χ0n) is 13.2. The van der Waals surface area contributed by atoms with Gasteiger partial charge in [0, 0.05) is 20.1 Å². The molecule has 0 aromatic rings. The molecule has 7 nitrogen and oxygen atoms in total. The van der Waals surface area contributed by atoms with E-state index >= 15 is 0 Å². The zero-order chi connectivity index (χ0) is 16.3. The van der Waals surface area contributed by atoms with E-state index in [0.29, 0.717) is 25.8 Å². The number of carboxylic acids is 1. The van der Waals surface area contributed by atoms with Crippen LogP contribution in [0.25, 0.3) is 0 Å². The normalized spacial score (nSPS) is 22.0. The fourth-order valence-corrected chi connectivity index (χ4v) is 2.73. The lowest BCUT2D eigenvalue weighted by Crippen LogP contribution is -2.57. The van der Waals surface area contributed by atoms with Gasteiger partial charge in [-0.25, -0.2) is 9.59 Å². The number of rotatable bonds is 5. The number of carbonyl (C=O) groups is 3. The van der Waals surface area contributed by atoms with Gasteiger partial charge in [0.15, 0.2) is 0 Å². The minimum atomic E-state index is -1.12. The molecule has 21 heavy (non-hydrogen) atoms. The van der Waals surface area contributed by atoms with E-state index in [1.807, 2.05) is 0 Å². The number of amides is 3. The third-order valence-electron chi connectivity index (χ3n) is 4.24. The molecule has 1 rings (SSSR count). The van der Waals surface area contributed by atoms with E-state index in [0.717, 1.165) is 0 Å². The molecule has 3 amide bonds. The van der Waals surface area contributed by atoms with Gasteiger partial charge in [-0.1, -0.05) is 6.92 Å². The van der Waals surface area contributed by atoms with Crippen LogP contribution >= 0.6 is 0 Å². The maximum Gasteiger partial charge on any atom is 0.329 e. The lowest BCUT2D eigenvalue weighted by atomic mass is 9.92. The van der Waals surface area contributed by atoms with Gasteiger partial charge in [0.1, 0.15) is 5.54 Å². The molecule has 120 valence electrons. The first-order chi connectivity index (χ1) is 9.71. The molecule has 0 aromatic heterocycles. The average Bonchev–Trinajstić information content (AvgIpc) is 2.89. The number of carbonyl (C=O) groups excluding carboxylic acids is 2. The standard InChI is InChI=1S/C14H25N3O4/c1-5-14(11(19)20)7-6-8-17(14)12(21)16-9-13(2,3)10(18)15-4/h5-9H2,1-4H3,(H,15,18)(H,16,21)(H,19,20). The van der Waals surface area contributed by atoms with Crippen LogP contribution in [0, 0.1) is 5.41 Å². The summed E-state index contributed by atoms with van der Waals surface area (Å²) >= 11 is 0. The lowest BCUT2D eigenvalue weighted by Gasteiger charge is -2.34. The topological polar surface area (TPSA) is 98.7 Å². The van der Waals surface area contributed by atoms with Gasteiger partial charge in [0.05, 0.1) is 5.41 Å². The minimum absolute atomic E-state index is 0.154. The fraction of sp³-hybridized carbons (Fsp3) is 0.786. The Morgan fingerprint density at radius 3 is 2.43 bits per heavy atom. The summed E-state index contributed by atoms with van der Waals surface area (Å²) in [7, 11) is 1.54. The Bertz CT molecular complexity index is 436. The van der Waals surface area contributed by atoms with E-state index in [-0.39, 0.29) is 12.5 Å². The number of aliphatic carboxylic acids is 1. The third kappa shape index (κ3) is 3.28. The Hall–Kier alpha value is -1.79. The second-order valence-electron chi connectivity index (χ2n) is 6.07. The van der Waals surface area contributed by atoms with Crippen LogP contribution in [0.2, 0.25) is 0 Å². The SMILES string of the molecule is CCC1(C(=O)O)CCCN1C(=O)NCC(C)(C)C(=O)NC. The molecular formula is C14H25N3O4. The second-order valence-corrected chi connectivity index (χ2v) is 6.07. The van der Waals surface area contributed by atoms with E-state index in [1.54, 1.807) is 27.8 Å². The van der Waals surface area contributed by atoms with Gasteiger partial charge in [-0.3, -0.25) is 4.79 Å². The summed E-state index contributed by atoms with van der Waals surface area (Å²) in [4.78, 5) is 36.9. The lowest BCUT2D eigenvalue weighted by molar-refractivity contribution is -0.148. The van der Waals surface area contributed by atoms with Gasteiger partial charge in [0.25, 0.3) is 0 Å². The first kappa shape index (κ1) is 17.3. The number of nitrogens with one attached hydrogen (secondary N) is 2. The maximum absolute atomic E-state index is 12.3. The maximum atomic E-state index is 12.3. The highest BCUT2D eigenvalue weighted by Gasteiger charge is 2.48. The Morgan fingerprint density at radius 1 is 1.33 bits per heavy atom. The smallest absolute Gasteiger partial charge is 0.329 e. The van der Waals surface area contributed by atoms with Crippen LogP contribution in [0.5, 0.6) is 0 Å². The largest absolute Gasteiger partial charge is 0.479 e. The Balaban J connectivity index is 2.76. The van der Waals surface area contributed by atoms with E-state index in [2.05, 4.69) is 10.6 Å². The summed E-state index contributed by atoms with van der Waals surface area (Å²) in [5.41, 5.74) is -1.87. The van der Waals surface area contributed by atoms with Crippen molar-refractivity contribution in [3.05, 3.63) is 0 Å². The second kappa shape index (κ2) is 6.32. The summed E-state index contributed by atoms with van der Waals surface area (Å²) in [5, 5.41) is 14.7. The number of hydrogen-bond acceptors (Lipinski definition) is 3. The van der Waals surface area contributed by atoms with E-state index in [4.69, 9.17) is 0 Å². The van der Waals surface area contributed by atoms with Gasteiger partial charge in [-0.15, -0.1) is 0 Å². The van der Waals surface area contributed by atoms with Crippen molar-refractivity contribution < 1.29 is 19.5 Å². The summed E-state index contributed by atoms with van der Waals surface area (Å²) in [6.45, 7) is 5.79. The Kier molecular flexibility index (Phi) is 5.20.